The van der Waals surface area contributed by atoms with Gasteiger partial charge in [-0.1, -0.05) is 83.5 Å². The highest BCUT2D eigenvalue weighted by atomic mass is 35.5. The minimum absolute atomic E-state index is 0.101. The second-order valence-electron chi connectivity index (χ2n) is 11.8. The summed E-state index contributed by atoms with van der Waals surface area (Å²) in [6, 6.07) is 2.89. The van der Waals surface area contributed by atoms with Gasteiger partial charge < -0.3 is 24.2 Å². The van der Waals surface area contributed by atoms with Gasteiger partial charge in [0.2, 0.25) is 9.67 Å². The topological polar surface area (TPSA) is 102 Å². The molecule has 0 fully saturated rings. The smallest absolute Gasteiger partial charge is 0.340 e. The van der Waals surface area contributed by atoms with Crippen molar-refractivity contribution in [3.8, 4) is 11.5 Å². The van der Waals surface area contributed by atoms with Crippen LogP contribution in [-0.2, 0) is 19.1 Å². The first kappa shape index (κ1) is 43.2. The Balaban J connectivity index is 3.94. The van der Waals surface area contributed by atoms with Gasteiger partial charge in [0.05, 0.1) is 17.9 Å². The van der Waals surface area contributed by atoms with Crippen molar-refractivity contribution in [1.82, 2.24) is 4.90 Å². The van der Waals surface area contributed by atoms with Crippen LogP contribution in [0.4, 0.5) is 0 Å². The molecule has 13 heteroatoms. The molecule has 0 aliphatic heterocycles. The second kappa shape index (κ2) is 20.7. The lowest BCUT2D eigenvalue weighted by Crippen LogP contribution is -2.50. The number of hydrogen-bond donors (Lipinski definition) is 1. The maximum atomic E-state index is 13.2. The Bertz CT molecular complexity index is 1260. The molecule has 0 saturated heterocycles. The molecule has 1 unspecified atom stereocenters. The van der Waals surface area contributed by atoms with E-state index >= 15 is 0 Å². The quantitative estimate of drug-likeness (QED) is 0.0847. The highest BCUT2D eigenvalue weighted by Gasteiger charge is 2.49. The van der Waals surface area contributed by atoms with Crippen molar-refractivity contribution in [2.45, 2.75) is 113 Å². The van der Waals surface area contributed by atoms with E-state index in [4.69, 9.17) is 60.6 Å². The summed E-state index contributed by atoms with van der Waals surface area (Å²) in [4.78, 5) is 37.8. The summed E-state index contributed by atoms with van der Waals surface area (Å²) >= 11 is 25.1. The molecule has 0 aliphatic rings. The van der Waals surface area contributed by atoms with Gasteiger partial charge >= 0.3 is 11.9 Å². The number of allylic oxidation sites excluding steroid dienone is 4. The Hall–Kier alpha value is -1.78. The molecule has 1 aromatic rings. The number of nitrogens with zero attached hydrogens (tertiary/aromatic N) is 1. The van der Waals surface area contributed by atoms with Crippen molar-refractivity contribution in [3.63, 3.8) is 0 Å². The van der Waals surface area contributed by atoms with E-state index in [0.717, 1.165) is 18.4 Å². The van der Waals surface area contributed by atoms with Crippen LogP contribution in [0.3, 0.4) is 0 Å². The lowest BCUT2D eigenvalue weighted by molar-refractivity contribution is -0.183. The molecular formula is C34H49Cl4NO7S. The van der Waals surface area contributed by atoms with Gasteiger partial charge in [-0.25, -0.2) is 9.59 Å². The van der Waals surface area contributed by atoms with Crippen LogP contribution in [0.15, 0.2) is 35.4 Å². The third-order valence-electron chi connectivity index (χ3n) is 7.38. The number of hydrogen-bond acceptors (Lipinski definition) is 8. The standard InChI is InChI=1S/C34H49Cl4NO7S/c1-10-39(11-2)31(41)23-18-24(40)26(25(19-23)44-9)27(47-21(5)6)28(45-32(42)29(35)36)34(8,46-33(43)30(37)38)17-13-16-22(7)15-12-14-20(3)4/h14,16,18-19,21,27-30,40H,10-13,15,17H2,1-9H3/b22-16+/t27?,28-,34+/m1/s1. The average Bonchev–Trinajstić information content (AvgIpc) is 2.98. The molecule has 0 aliphatic carbocycles. The number of methoxy groups -OCH3 is 1. The van der Waals surface area contributed by atoms with Crippen LogP contribution in [0, 0.1) is 0 Å². The van der Waals surface area contributed by atoms with Crippen LogP contribution in [0.5, 0.6) is 11.5 Å². The van der Waals surface area contributed by atoms with Crippen molar-refractivity contribution in [3.05, 3.63) is 46.6 Å². The fourth-order valence-corrected chi connectivity index (χ4v) is 6.61. The summed E-state index contributed by atoms with van der Waals surface area (Å²) in [6.45, 7) is 16.2. The van der Waals surface area contributed by atoms with E-state index in [1.165, 1.54) is 36.6 Å². The minimum atomic E-state index is -1.56. The summed E-state index contributed by atoms with van der Waals surface area (Å²) in [5.41, 5.74) is 1.23. The van der Waals surface area contributed by atoms with Crippen molar-refractivity contribution in [2.75, 3.05) is 20.2 Å². The summed E-state index contributed by atoms with van der Waals surface area (Å²) in [5.74, 6) is -2.32. The van der Waals surface area contributed by atoms with E-state index in [9.17, 15) is 19.5 Å². The molecule has 1 aromatic carbocycles. The Morgan fingerprint density at radius 2 is 1.57 bits per heavy atom. The zero-order valence-corrected chi connectivity index (χ0v) is 32.5. The molecule has 1 N–H and O–H groups in total. The van der Waals surface area contributed by atoms with Gasteiger partial charge in [-0.15, -0.1) is 11.8 Å². The van der Waals surface area contributed by atoms with Gasteiger partial charge in [0.15, 0.2) is 6.10 Å². The number of benzene rings is 1. The highest BCUT2D eigenvalue weighted by Crippen LogP contribution is 2.50. The van der Waals surface area contributed by atoms with E-state index < -0.39 is 38.6 Å². The molecule has 266 valence electrons. The number of halogens is 4. The molecule has 0 aromatic heterocycles. The molecular weight excluding hydrogens is 708 g/mol. The maximum absolute atomic E-state index is 13.2. The van der Waals surface area contributed by atoms with E-state index in [1.54, 1.807) is 11.8 Å². The van der Waals surface area contributed by atoms with Crippen LogP contribution < -0.4 is 4.74 Å². The zero-order chi connectivity index (χ0) is 36.1. The van der Waals surface area contributed by atoms with Gasteiger partial charge in [-0.05, 0) is 84.6 Å². The van der Waals surface area contributed by atoms with Gasteiger partial charge in [0.25, 0.3) is 5.91 Å². The number of esters is 2. The molecule has 0 heterocycles. The average molecular weight is 758 g/mol. The number of rotatable bonds is 19. The molecule has 0 saturated carbocycles. The predicted molar refractivity (Wildman–Crippen MR) is 194 cm³/mol. The number of thioether (sulfide) groups is 1. The number of phenolic OH excluding ortho intramolecular Hbond substituents is 1. The normalized spacial score (nSPS) is 14.4. The zero-order valence-electron chi connectivity index (χ0n) is 28.7. The number of ether oxygens (including phenoxy) is 3. The van der Waals surface area contributed by atoms with Gasteiger partial charge in [-0.3, -0.25) is 4.79 Å². The first-order valence-corrected chi connectivity index (χ1v) is 18.2. The molecule has 0 spiro atoms. The number of aromatic hydroxyl groups is 1. The van der Waals surface area contributed by atoms with Crippen molar-refractivity contribution < 1.29 is 33.7 Å². The summed E-state index contributed by atoms with van der Waals surface area (Å²) in [6.07, 6.45) is 5.21. The van der Waals surface area contributed by atoms with Crippen LogP contribution in [-0.4, -0.2) is 74.7 Å². The van der Waals surface area contributed by atoms with Gasteiger partial charge in [0, 0.05) is 18.7 Å². The van der Waals surface area contributed by atoms with Crippen LogP contribution in [0.1, 0.15) is 102 Å². The molecule has 3 atom stereocenters. The SMILES string of the molecule is CCN(CC)C(=O)c1cc(O)c(C(SC(C)C)[C@@H](OC(=O)C(Cl)Cl)[C@](C)(CC/C=C(\C)CCC=C(C)C)OC(=O)C(Cl)Cl)c(OC)c1. The number of amides is 1. The Morgan fingerprint density at radius 3 is 2.06 bits per heavy atom. The summed E-state index contributed by atoms with van der Waals surface area (Å²) in [5, 5.41) is 10.5. The minimum Gasteiger partial charge on any atom is -0.507 e. The number of alkyl halides is 4. The number of phenols is 1. The lowest BCUT2D eigenvalue weighted by atomic mass is 9.86. The second-order valence-corrected chi connectivity index (χ2v) is 15.7. The lowest BCUT2D eigenvalue weighted by Gasteiger charge is -2.41. The maximum Gasteiger partial charge on any atom is 0.340 e. The van der Waals surface area contributed by atoms with Crippen molar-refractivity contribution in [1.29, 1.82) is 0 Å². The Kier molecular flexibility index (Phi) is 19.0. The van der Waals surface area contributed by atoms with E-state index in [1.807, 2.05) is 54.5 Å². The van der Waals surface area contributed by atoms with E-state index in [2.05, 4.69) is 6.08 Å². The molecule has 0 bridgehead atoms. The summed E-state index contributed by atoms with van der Waals surface area (Å²) in [7, 11) is 1.41. The fraction of sp³-hybridized carbons (Fsp3) is 0.618. The number of carbonyl (C=O) groups excluding carboxylic acids is 3. The molecule has 8 nitrogen and oxygen atoms in total. The predicted octanol–water partition coefficient (Wildman–Crippen LogP) is 9.36. The van der Waals surface area contributed by atoms with Crippen molar-refractivity contribution in [2.24, 2.45) is 0 Å². The molecule has 1 amide bonds. The molecule has 1 rings (SSSR count). The molecule has 47 heavy (non-hydrogen) atoms. The third kappa shape index (κ3) is 13.6. The highest BCUT2D eigenvalue weighted by molar-refractivity contribution is 8.00. The van der Waals surface area contributed by atoms with Gasteiger partial charge in [0.1, 0.15) is 17.1 Å². The Morgan fingerprint density at radius 1 is 0.979 bits per heavy atom. The monoisotopic (exact) mass is 755 g/mol. The first-order chi connectivity index (χ1) is 21.9. The van der Waals surface area contributed by atoms with E-state index in [0.29, 0.717) is 19.5 Å². The first-order valence-electron chi connectivity index (χ1n) is 15.6. The largest absolute Gasteiger partial charge is 0.507 e. The van der Waals surface area contributed by atoms with Gasteiger partial charge in [-0.2, -0.15) is 0 Å². The van der Waals surface area contributed by atoms with Crippen LogP contribution in [0.2, 0.25) is 0 Å². The van der Waals surface area contributed by atoms with Crippen molar-refractivity contribution >= 4 is 76.0 Å². The third-order valence-corrected chi connectivity index (χ3v) is 9.41. The fourth-order valence-electron chi connectivity index (χ4n) is 4.97. The van der Waals surface area contributed by atoms with Crippen LogP contribution >= 0.6 is 58.2 Å². The Labute approximate surface area is 304 Å². The van der Waals surface area contributed by atoms with E-state index in [-0.39, 0.29) is 40.2 Å². The number of carbonyl (C=O) groups is 3. The van der Waals surface area contributed by atoms with Crippen LogP contribution in [0.25, 0.3) is 0 Å². The summed E-state index contributed by atoms with van der Waals surface area (Å²) < 4.78 is 17.7. The molecule has 0 radical (unpaired) electrons.